The Hall–Kier alpha value is -2.89. The molecule has 0 spiro atoms. The number of para-hydroxylation sites is 2. The fourth-order valence-electron chi connectivity index (χ4n) is 3.48. The van der Waals surface area contributed by atoms with Crippen molar-refractivity contribution < 1.29 is 13.6 Å². The number of likely N-dealkylation sites (tertiary alicyclic amines) is 1. The second-order valence-electron chi connectivity index (χ2n) is 6.22. The molecule has 0 saturated carbocycles. The molecule has 0 unspecified atom stereocenters. The fourth-order valence-corrected chi connectivity index (χ4v) is 3.48. The standard InChI is InChI=1S/C19H17FN2O3/c20-15-8-2-1-7-14(15)18(23)21-11-5-6-13(21)12-22-16-9-3-4-10-17(16)25-19(22)24/h1-4,7-10,13H,5-6,11-12H2/t13-/m0/s1. The van der Waals surface area contributed by atoms with Crippen molar-refractivity contribution >= 4 is 17.0 Å². The van der Waals surface area contributed by atoms with Crippen molar-refractivity contribution in [2.75, 3.05) is 6.54 Å². The average molecular weight is 340 g/mol. The highest BCUT2D eigenvalue weighted by Crippen LogP contribution is 2.23. The van der Waals surface area contributed by atoms with Gasteiger partial charge in [0.25, 0.3) is 5.91 Å². The van der Waals surface area contributed by atoms with E-state index >= 15 is 0 Å². The van der Waals surface area contributed by atoms with Crippen molar-refractivity contribution in [3.05, 3.63) is 70.5 Å². The molecule has 3 aromatic rings. The first-order chi connectivity index (χ1) is 12.1. The molecule has 5 nitrogen and oxygen atoms in total. The fraction of sp³-hybridized carbons (Fsp3) is 0.263. The molecule has 0 radical (unpaired) electrons. The average Bonchev–Trinajstić information content (AvgIpc) is 3.20. The Bertz CT molecular complexity index is 991. The number of carbonyl (C=O) groups is 1. The maximum atomic E-state index is 14.0. The molecular formula is C19H17FN2O3. The molecule has 1 amide bonds. The van der Waals surface area contributed by atoms with E-state index in [-0.39, 0.29) is 17.5 Å². The van der Waals surface area contributed by atoms with Gasteiger partial charge in [0.1, 0.15) is 5.82 Å². The summed E-state index contributed by atoms with van der Waals surface area (Å²) in [6, 6.07) is 13.0. The van der Waals surface area contributed by atoms with Crippen LogP contribution in [0.5, 0.6) is 0 Å². The second-order valence-corrected chi connectivity index (χ2v) is 6.22. The van der Waals surface area contributed by atoms with Crippen molar-refractivity contribution in [3.63, 3.8) is 0 Å². The topological polar surface area (TPSA) is 55.5 Å². The molecule has 0 N–H and O–H groups in total. The minimum Gasteiger partial charge on any atom is -0.408 e. The number of aromatic nitrogens is 1. The van der Waals surface area contributed by atoms with E-state index in [0.717, 1.165) is 12.8 Å². The van der Waals surface area contributed by atoms with Crippen LogP contribution in [-0.4, -0.2) is 28.0 Å². The third-order valence-electron chi connectivity index (χ3n) is 4.71. The van der Waals surface area contributed by atoms with Gasteiger partial charge in [0, 0.05) is 13.1 Å². The van der Waals surface area contributed by atoms with Gasteiger partial charge in [0.15, 0.2) is 5.58 Å². The van der Waals surface area contributed by atoms with Crippen LogP contribution in [0.2, 0.25) is 0 Å². The molecule has 1 aromatic heterocycles. The van der Waals surface area contributed by atoms with E-state index in [1.807, 2.05) is 12.1 Å². The van der Waals surface area contributed by atoms with E-state index in [4.69, 9.17) is 4.42 Å². The zero-order valence-corrected chi connectivity index (χ0v) is 13.5. The molecule has 1 saturated heterocycles. The van der Waals surface area contributed by atoms with Gasteiger partial charge in [-0.1, -0.05) is 24.3 Å². The van der Waals surface area contributed by atoms with Crippen LogP contribution < -0.4 is 5.76 Å². The quantitative estimate of drug-likeness (QED) is 0.736. The van der Waals surface area contributed by atoms with Gasteiger partial charge < -0.3 is 9.32 Å². The van der Waals surface area contributed by atoms with Gasteiger partial charge in [-0.2, -0.15) is 0 Å². The molecule has 2 heterocycles. The minimum atomic E-state index is -0.524. The van der Waals surface area contributed by atoms with Gasteiger partial charge in [-0.05, 0) is 37.1 Å². The molecule has 1 aliphatic rings. The lowest BCUT2D eigenvalue weighted by atomic mass is 10.1. The van der Waals surface area contributed by atoms with Crippen molar-refractivity contribution in [1.29, 1.82) is 0 Å². The molecule has 0 aliphatic carbocycles. The first kappa shape index (κ1) is 15.6. The summed E-state index contributed by atoms with van der Waals surface area (Å²) in [6.07, 6.45) is 1.60. The highest BCUT2D eigenvalue weighted by atomic mass is 19.1. The van der Waals surface area contributed by atoms with Crippen molar-refractivity contribution in [3.8, 4) is 0 Å². The molecule has 4 rings (SSSR count). The first-order valence-corrected chi connectivity index (χ1v) is 8.29. The van der Waals surface area contributed by atoms with Crippen LogP contribution >= 0.6 is 0 Å². The molecule has 128 valence electrons. The van der Waals surface area contributed by atoms with Gasteiger partial charge in [0.05, 0.1) is 17.1 Å². The summed E-state index contributed by atoms with van der Waals surface area (Å²) in [7, 11) is 0. The van der Waals surface area contributed by atoms with Crippen LogP contribution in [-0.2, 0) is 6.54 Å². The Labute approximate surface area is 143 Å². The predicted octanol–water partition coefficient (Wildman–Crippen LogP) is 3.04. The van der Waals surface area contributed by atoms with E-state index < -0.39 is 11.6 Å². The van der Waals surface area contributed by atoms with Gasteiger partial charge in [-0.25, -0.2) is 9.18 Å². The van der Waals surface area contributed by atoms with Crippen molar-refractivity contribution in [2.45, 2.75) is 25.4 Å². The Balaban J connectivity index is 1.64. The third-order valence-corrected chi connectivity index (χ3v) is 4.71. The van der Waals surface area contributed by atoms with E-state index in [9.17, 15) is 14.0 Å². The number of rotatable bonds is 3. The van der Waals surface area contributed by atoms with Crippen LogP contribution in [0.1, 0.15) is 23.2 Å². The van der Waals surface area contributed by atoms with E-state index in [1.165, 1.54) is 12.1 Å². The smallest absolute Gasteiger partial charge is 0.408 e. The van der Waals surface area contributed by atoms with Crippen LogP contribution in [0.25, 0.3) is 11.1 Å². The van der Waals surface area contributed by atoms with Crippen LogP contribution in [0.15, 0.2) is 57.7 Å². The highest BCUT2D eigenvalue weighted by Gasteiger charge is 2.31. The lowest BCUT2D eigenvalue weighted by molar-refractivity contribution is 0.0718. The number of hydrogen-bond donors (Lipinski definition) is 0. The summed E-state index contributed by atoms with van der Waals surface area (Å²) in [5.41, 5.74) is 1.30. The van der Waals surface area contributed by atoms with Crippen molar-refractivity contribution in [2.24, 2.45) is 0 Å². The molecule has 25 heavy (non-hydrogen) atoms. The van der Waals surface area contributed by atoms with E-state index in [1.54, 1.807) is 33.7 Å². The summed E-state index contributed by atoms with van der Waals surface area (Å²) in [6.45, 7) is 0.901. The molecule has 1 atom stereocenters. The summed E-state index contributed by atoms with van der Waals surface area (Å²) in [5, 5.41) is 0. The monoisotopic (exact) mass is 340 g/mol. The summed E-state index contributed by atoms with van der Waals surface area (Å²) >= 11 is 0. The third kappa shape index (κ3) is 2.73. The minimum absolute atomic E-state index is 0.0683. The lowest BCUT2D eigenvalue weighted by Gasteiger charge is -2.25. The molecular weight excluding hydrogens is 323 g/mol. The number of benzene rings is 2. The zero-order chi connectivity index (χ0) is 17.4. The number of halogens is 1. The van der Waals surface area contributed by atoms with Crippen LogP contribution in [0, 0.1) is 5.82 Å². The normalized spacial score (nSPS) is 17.3. The number of hydrogen-bond acceptors (Lipinski definition) is 3. The summed E-state index contributed by atoms with van der Waals surface area (Å²) in [5.74, 6) is -1.29. The summed E-state index contributed by atoms with van der Waals surface area (Å²) < 4.78 is 20.8. The number of carbonyl (C=O) groups excluding carboxylic acids is 1. The molecule has 6 heteroatoms. The Morgan fingerprint density at radius 3 is 2.76 bits per heavy atom. The molecule has 0 bridgehead atoms. The number of amides is 1. The highest BCUT2D eigenvalue weighted by molar-refractivity contribution is 5.94. The number of fused-ring (bicyclic) bond motifs is 1. The zero-order valence-electron chi connectivity index (χ0n) is 13.5. The lowest BCUT2D eigenvalue weighted by Crippen LogP contribution is -2.39. The van der Waals surface area contributed by atoms with Crippen LogP contribution in [0.4, 0.5) is 4.39 Å². The second kappa shape index (κ2) is 6.20. The molecule has 1 aliphatic heterocycles. The van der Waals surface area contributed by atoms with Crippen LogP contribution in [0.3, 0.4) is 0 Å². The maximum absolute atomic E-state index is 14.0. The Kier molecular flexibility index (Phi) is 3.87. The SMILES string of the molecule is O=C(c1ccccc1F)N1CCC[C@H]1Cn1c(=O)oc2ccccc21. The molecule has 2 aromatic carbocycles. The maximum Gasteiger partial charge on any atom is 0.420 e. The van der Waals surface area contributed by atoms with Gasteiger partial charge in [-0.15, -0.1) is 0 Å². The Morgan fingerprint density at radius 2 is 1.92 bits per heavy atom. The first-order valence-electron chi connectivity index (χ1n) is 8.29. The number of oxazole rings is 1. The molecule has 1 fully saturated rings. The van der Waals surface area contributed by atoms with Gasteiger partial charge in [-0.3, -0.25) is 9.36 Å². The summed E-state index contributed by atoms with van der Waals surface area (Å²) in [4.78, 5) is 26.5. The van der Waals surface area contributed by atoms with E-state index in [0.29, 0.717) is 24.2 Å². The van der Waals surface area contributed by atoms with E-state index in [2.05, 4.69) is 0 Å². The van der Waals surface area contributed by atoms with Gasteiger partial charge >= 0.3 is 5.76 Å². The predicted molar refractivity (Wildman–Crippen MR) is 90.9 cm³/mol. The number of nitrogens with zero attached hydrogens (tertiary/aromatic N) is 2. The van der Waals surface area contributed by atoms with Crippen molar-refractivity contribution in [1.82, 2.24) is 9.47 Å². The van der Waals surface area contributed by atoms with Gasteiger partial charge in [0.2, 0.25) is 0 Å². The largest absolute Gasteiger partial charge is 0.420 e. The Morgan fingerprint density at radius 1 is 1.16 bits per heavy atom.